The van der Waals surface area contributed by atoms with E-state index in [4.69, 9.17) is 14.5 Å². The summed E-state index contributed by atoms with van der Waals surface area (Å²) in [4.78, 5) is 13.3. The van der Waals surface area contributed by atoms with Crippen molar-refractivity contribution in [1.29, 1.82) is 0 Å². The van der Waals surface area contributed by atoms with Crippen molar-refractivity contribution in [1.82, 2.24) is 19.5 Å². The second-order valence-corrected chi connectivity index (χ2v) is 6.34. The summed E-state index contributed by atoms with van der Waals surface area (Å²) in [7, 11) is 3.34. The van der Waals surface area contributed by atoms with Crippen LogP contribution in [0.4, 0.5) is 0 Å². The molecule has 0 atom stereocenters. The Hall–Kier alpha value is -2.89. The fraction of sp³-hybridized carbons (Fsp3) is 0.350. The van der Waals surface area contributed by atoms with Gasteiger partial charge in [-0.15, -0.1) is 0 Å². The number of imidazole rings is 1. The van der Waals surface area contributed by atoms with E-state index in [1.54, 1.807) is 26.7 Å². The Morgan fingerprint density at radius 3 is 2.77 bits per heavy atom. The van der Waals surface area contributed by atoms with Crippen molar-refractivity contribution in [2.75, 3.05) is 14.2 Å². The Morgan fingerprint density at radius 2 is 2.04 bits per heavy atom. The van der Waals surface area contributed by atoms with E-state index in [1.807, 2.05) is 18.2 Å². The Bertz CT molecular complexity index is 927. The lowest BCUT2D eigenvalue weighted by Gasteiger charge is -2.12. The second-order valence-electron chi connectivity index (χ2n) is 6.34. The Labute approximate surface area is 153 Å². The molecule has 0 radical (unpaired) electrons. The normalized spacial score (nSPS) is 10.8. The topological polar surface area (TPSA) is 62.1 Å². The van der Waals surface area contributed by atoms with E-state index in [9.17, 15) is 0 Å². The molecular formula is C20H24N4O2. The molecule has 0 amide bonds. The first-order chi connectivity index (χ1) is 12.6. The molecule has 0 aliphatic carbocycles. The molecule has 1 aromatic carbocycles. The van der Waals surface area contributed by atoms with Crippen molar-refractivity contribution >= 4 is 11.2 Å². The van der Waals surface area contributed by atoms with Crippen molar-refractivity contribution in [3.05, 3.63) is 53.8 Å². The first kappa shape index (κ1) is 17.9. The van der Waals surface area contributed by atoms with Gasteiger partial charge in [0.2, 0.25) is 0 Å². The van der Waals surface area contributed by atoms with Gasteiger partial charge in [-0.3, -0.25) is 0 Å². The third-order valence-corrected chi connectivity index (χ3v) is 4.23. The van der Waals surface area contributed by atoms with Crippen molar-refractivity contribution in [2.45, 2.75) is 33.2 Å². The number of hydrogen-bond acceptors (Lipinski definition) is 5. The summed E-state index contributed by atoms with van der Waals surface area (Å²) in [6, 6.07) is 5.81. The molecule has 0 unspecified atom stereocenters. The van der Waals surface area contributed by atoms with E-state index < -0.39 is 0 Å². The van der Waals surface area contributed by atoms with Gasteiger partial charge in [0.05, 0.1) is 20.4 Å². The van der Waals surface area contributed by atoms with E-state index >= 15 is 0 Å². The van der Waals surface area contributed by atoms with Gasteiger partial charge in [0.25, 0.3) is 0 Å². The molecule has 0 aliphatic rings. The quantitative estimate of drug-likeness (QED) is 0.605. The number of allylic oxidation sites excluding steroid dienone is 2. The van der Waals surface area contributed by atoms with Crippen LogP contribution in [-0.4, -0.2) is 33.7 Å². The van der Waals surface area contributed by atoms with Crippen LogP contribution in [0.25, 0.3) is 11.2 Å². The number of rotatable bonds is 7. The van der Waals surface area contributed by atoms with Crippen molar-refractivity contribution in [2.24, 2.45) is 0 Å². The Morgan fingerprint density at radius 1 is 1.19 bits per heavy atom. The second kappa shape index (κ2) is 7.99. The van der Waals surface area contributed by atoms with E-state index in [-0.39, 0.29) is 0 Å². The third kappa shape index (κ3) is 3.85. The fourth-order valence-electron chi connectivity index (χ4n) is 2.97. The summed E-state index contributed by atoms with van der Waals surface area (Å²) < 4.78 is 13.0. The van der Waals surface area contributed by atoms with E-state index in [2.05, 4.69) is 34.5 Å². The first-order valence-electron chi connectivity index (χ1n) is 8.61. The van der Waals surface area contributed by atoms with Gasteiger partial charge in [-0.25, -0.2) is 15.0 Å². The maximum Gasteiger partial charge on any atom is 0.163 e. The average molecular weight is 352 g/mol. The largest absolute Gasteiger partial charge is 0.497 e. The van der Waals surface area contributed by atoms with Gasteiger partial charge in [-0.1, -0.05) is 11.6 Å². The standard InChI is InChI=1S/C20H24N4O2/c1-14(2)6-5-9-24-19(23-17-12-21-13-22-20(17)24)11-15-10-16(25-3)7-8-18(15)26-4/h6-8,10,12-13H,5,9,11H2,1-4H3. The summed E-state index contributed by atoms with van der Waals surface area (Å²) in [5.41, 5.74) is 4.00. The van der Waals surface area contributed by atoms with Crippen LogP contribution >= 0.6 is 0 Å². The van der Waals surface area contributed by atoms with Crippen LogP contribution in [0.5, 0.6) is 11.5 Å². The predicted molar refractivity (Wildman–Crippen MR) is 102 cm³/mol. The molecule has 0 aliphatic heterocycles. The molecule has 3 rings (SSSR count). The summed E-state index contributed by atoms with van der Waals surface area (Å²) >= 11 is 0. The average Bonchev–Trinajstić information content (AvgIpc) is 2.99. The highest BCUT2D eigenvalue weighted by atomic mass is 16.5. The van der Waals surface area contributed by atoms with Gasteiger partial charge in [-0.05, 0) is 38.5 Å². The molecule has 6 nitrogen and oxygen atoms in total. The minimum Gasteiger partial charge on any atom is -0.497 e. The molecule has 136 valence electrons. The third-order valence-electron chi connectivity index (χ3n) is 4.23. The summed E-state index contributed by atoms with van der Waals surface area (Å²) in [5, 5.41) is 0. The lowest BCUT2D eigenvalue weighted by molar-refractivity contribution is 0.399. The van der Waals surface area contributed by atoms with Crippen molar-refractivity contribution < 1.29 is 9.47 Å². The van der Waals surface area contributed by atoms with E-state index in [1.165, 1.54) is 5.57 Å². The molecule has 0 fully saturated rings. The number of aryl methyl sites for hydroxylation is 1. The highest BCUT2D eigenvalue weighted by Gasteiger charge is 2.15. The maximum absolute atomic E-state index is 5.51. The van der Waals surface area contributed by atoms with Crippen LogP contribution in [-0.2, 0) is 13.0 Å². The van der Waals surface area contributed by atoms with Gasteiger partial charge < -0.3 is 14.0 Å². The summed E-state index contributed by atoms with van der Waals surface area (Å²) in [6.45, 7) is 5.03. The number of hydrogen-bond donors (Lipinski definition) is 0. The Kier molecular flexibility index (Phi) is 5.51. The van der Waals surface area contributed by atoms with Gasteiger partial charge >= 0.3 is 0 Å². The first-order valence-corrected chi connectivity index (χ1v) is 8.61. The minimum atomic E-state index is 0.631. The molecule has 0 bridgehead atoms. The molecule has 0 N–H and O–H groups in total. The molecule has 6 heteroatoms. The molecule has 26 heavy (non-hydrogen) atoms. The fourth-order valence-corrected chi connectivity index (χ4v) is 2.97. The smallest absolute Gasteiger partial charge is 0.163 e. The molecular weight excluding hydrogens is 328 g/mol. The van der Waals surface area contributed by atoms with Gasteiger partial charge in [-0.2, -0.15) is 0 Å². The summed E-state index contributed by atoms with van der Waals surface area (Å²) in [5.74, 6) is 2.56. The number of ether oxygens (including phenoxy) is 2. The van der Waals surface area contributed by atoms with Crippen molar-refractivity contribution in [3.63, 3.8) is 0 Å². The molecule has 0 saturated carbocycles. The van der Waals surface area contributed by atoms with Crippen LogP contribution in [0, 0.1) is 0 Å². The van der Waals surface area contributed by atoms with Crippen LogP contribution in [0.2, 0.25) is 0 Å². The lowest BCUT2D eigenvalue weighted by Crippen LogP contribution is -2.06. The highest BCUT2D eigenvalue weighted by molar-refractivity contribution is 5.70. The molecule has 0 spiro atoms. The maximum atomic E-state index is 5.51. The van der Waals surface area contributed by atoms with E-state index in [0.29, 0.717) is 6.42 Å². The van der Waals surface area contributed by atoms with Crippen LogP contribution in [0.3, 0.4) is 0 Å². The van der Waals surface area contributed by atoms with E-state index in [0.717, 1.165) is 47.0 Å². The van der Waals surface area contributed by atoms with Gasteiger partial charge in [0.15, 0.2) is 5.65 Å². The molecule has 2 heterocycles. The SMILES string of the molecule is COc1ccc(OC)c(Cc2nc3cncnc3n2CCC=C(C)C)c1. The number of methoxy groups -OCH3 is 2. The number of fused-ring (bicyclic) bond motifs is 1. The molecule has 2 aromatic heterocycles. The van der Waals surface area contributed by atoms with Crippen LogP contribution < -0.4 is 9.47 Å². The van der Waals surface area contributed by atoms with Crippen LogP contribution in [0.15, 0.2) is 42.4 Å². The number of nitrogens with zero attached hydrogens (tertiary/aromatic N) is 4. The lowest BCUT2D eigenvalue weighted by atomic mass is 10.1. The van der Waals surface area contributed by atoms with Gasteiger partial charge in [0.1, 0.15) is 29.2 Å². The summed E-state index contributed by atoms with van der Waals surface area (Å²) in [6.07, 6.45) is 7.11. The number of benzene rings is 1. The van der Waals surface area contributed by atoms with Gasteiger partial charge in [0, 0.05) is 18.5 Å². The molecule has 0 saturated heterocycles. The zero-order chi connectivity index (χ0) is 18.5. The molecule has 3 aromatic rings. The predicted octanol–water partition coefficient (Wildman–Crippen LogP) is 3.79. The van der Waals surface area contributed by atoms with Crippen LogP contribution in [0.1, 0.15) is 31.7 Å². The zero-order valence-corrected chi connectivity index (χ0v) is 15.7. The Balaban J connectivity index is 2.00. The number of aromatic nitrogens is 4. The highest BCUT2D eigenvalue weighted by Crippen LogP contribution is 2.27. The minimum absolute atomic E-state index is 0.631. The monoisotopic (exact) mass is 352 g/mol. The zero-order valence-electron chi connectivity index (χ0n) is 15.7. The van der Waals surface area contributed by atoms with Crippen molar-refractivity contribution in [3.8, 4) is 11.5 Å².